The highest BCUT2D eigenvalue weighted by Crippen LogP contribution is 2.37. The minimum Gasteiger partial charge on any atom is -0.493 e. The summed E-state index contributed by atoms with van der Waals surface area (Å²) in [6.45, 7) is 5.94. The van der Waals surface area contributed by atoms with E-state index in [1.165, 1.54) is 18.4 Å². The van der Waals surface area contributed by atoms with Crippen LogP contribution in [0.3, 0.4) is 0 Å². The van der Waals surface area contributed by atoms with E-state index in [1.54, 1.807) is 43.6 Å². The zero-order valence-corrected chi connectivity index (χ0v) is 22.8. The van der Waals surface area contributed by atoms with Crippen LogP contribution >= 0.6 is 0 Å². The molecule has 1 aliphatic heterocycles. The van der Waals surface area contributed by atoms with E-state index in [9.17, 15) is 8.42 Å². The monoisotopic (exact) mass is 552 g/mol. The van der Waals surface area contributed by atoms with Gasteiger partial charge in [0.25, 0.3) is 10.0 Å². The van der Waals surface area contributed by atoms with E-state index in [1.807, 2.05) is 12.1 Å². The summed E-state index contributed by atoms with van der Waals surface area (Å²) in [5.41, 5.74) is 1.03. The molecule has 4 aromatic rings. The number of aromatic nitrogens is 1. The van der Waals surface area contributed by atoms with E-state index in [-0.39, 0.29) is 5.09 Å². The number of nitrogens with zero attached hydrogens (tertiary/aromatic N) is 3. The molecule has 2 aromatic carbocycles. The van der Waals surface area contributed by atoms with Crippen molar-refractivity contribution in [1.29, 1.82) is 0 Å². The minimum absolute atomic E-state index is 0.168. The molecule has 0 spiro atoms. The van der Waals surface area contributed by atoms with Crippen LogP contribution in [0.25, 0.3) is 10.9 Å². The molecule has 206 valence electrons. The minimum atomic E-state index is -3.84. The summed E-state index contributed by atoms with van der Waals surface area (Å²) in [4.78, 5) is 9.30. The average molecular weight is 553 g/mol. The van der Waals surface area contributed by atoms with Crippen molar-refractivity contribution >= 4 is 26.6 Å². The number of methoxy groups -OCH3 is 1. The van der Waals surface area contributed by atoms with Crippen LogP contribution in [0.15, 0.2) is 76.6 Å². The van der Waals surface area contributed by atoms with Crippen LogP contribution in [-0.2, 0) is 10.0 Å². The number of likely N-dealkylation sites (N-methyl/N-ethyl adjacent to an activating group) is 1. The molecule has 2 aromatic heterocycles. The summed E-state index contributed by atoms with van der Waals surface area (Å²) in [7, 11) is -0.0882. The zero-order chi connectivity index (χ0) is 27.2. The smallest absolute Gasteiger partial charge is 0.295 e. The predicted octanol–water partition coefficient (Wildman–Crippen LogP) is 4.45. The van der Waals surface area contributed by atoms with Gasteiger partial charge in [-0.3, -0.25) is 9.71 Å². The fourth-order valence-corrected chi connectivity index (χ4v) is 5.38. The van der Waals surface area contributed by atoms with Gasteiger partial charge in [0.05, 0.1) is 31.2 Å². The Morgan fingerprint density at radius 1 is 1.00 bits per heavy atom. The van der Waals surface area contributed by atoms with Crippen molar-refractivity contribution in [2.45, 2.75) is 11.5 Å². The number of furan rings is 1. The predicted molar refractivity (Wildman–Crippen MR) is 148 cm³/mol. The van der Waals surface area contributed by atoms with Gasteiger partial charge in [-0.15, -0.1) is 0 Å². The quantitative estimate of drug-likeness (QED) is 0.270. The molecule has 5 rings (SSSR count). The highest BCUT2D eigenvalue weighted by molar-refractivity contribution is 7.92. The standard InChI is InChI=1S/C28H32N4O6S/c1-31-12-14-32(15-13-31)11-5-17-36-27-20-24-23(19-26(27)35-2)25(9-10-29-24)38-22-7-3-6-21(18-22)30-39(33,34)28-8-4-16-37-28/h3-4,6-10,16,18-20,30H,5,11-15,17H2,1-2H3. The summed E-state index contributed by atoms with van der Waals surface area (Å²) in [6, 6.07) is 15.0. The molecular weight excluding hydrogens is 520 g/mol. The summed E-state index contributed by atoms with van der Waals surface area (Å²) >= 11 is 0. The van der Waals surface area contributed by atoms with Gasteiger partial charge in [-0.1, -0.05) is 6.07 Å². The molecule has 1 N–H and O–H groups in total. The Labute approximate surface area is 228 Å². The van der Waals surface area contributed by atoms with Crippen LogP contribution < -0.4 is 18.9 Å². The lowest BCUT2D eigenvalue weighted by atomic mass is 10.1. The Bertz CT molecular complexity index is 1500. The lowest BCUT2D eigenvalue weighted by Gasteiger charge is -2.32. The Morgan fingerprint density at radius 2 is 1.85 bits per heavy atom. The molecule has 11 heteroatoms. The van der Waals surface area contributed by atoms with Crippen molar-refractivity contribution in [3.8, 4) is 23.0 Å². The van der Waals surface area contributed by atoms with Gasteiger partial charge in [0.1, 0.15) is 11.5 Å². The molecule has 0 atom stereocenters. The van der Waals surface area contributed by atoms with Gasteiger partial charge in [0.15, 0.2) is 11.5 Å². The maximum Gasteiger partial charge on any atom is 0.295 e. The maximum atomic E-state index is 12.5. The normalized spacial score (nSPS) is 14.8. The third-order valence-electron chi connectivity index (χ3n) is 6.53. The number of nitrogens with one attached hydrogen (secondary N) is 1. The van der Waals surface area contributed by atoms with E-state index in [2.05, 4.69) is 26.6 Å². The summed E-state index contributed by atoms with van der Waals surface area (Å²) < 4.78 is 50.4. The van der Waals surface area contributed by atoms with Crippen LogP contribution in [0.4, 0.5) is 5.69 Å². The van der Waals surface area contributed by atoms with E-state index < -0.39 is 10.0 Å². The molecule has 3 heterocycles. The van der Waals surface area contributed by atoms with Gasteiger partial charge in [0.2, 0.25) is 5.09 Å². The highest BCUT2D eigenvalue weighted by atomic mass is 32.2. The van der Waals surface area contributed by atoms with Crippen LogP contribution in [0, 0.1) is 0 Å². The average Bonchev–Trinajstić information content (AvgIpc) is 3.48. The number of piperazine rings is 1. The van der Waals surface area contributed by atoms with Crippen molar-refractivity contribution < 1.29 is 27.0 Å². The number of hydrogen-bond donors (Lipinski definition) is 1. The molecule has 0 bridgehead atoms. The first-order valence-electron chi connectivity index (χ1n) is 12.8. The first-order valence-corrected chi connectivity index (χ1v) is 14.2. The van der Waals surface area contributed by atoms with Crippen LogP contribution in [0.1, 0.15) is 6.42 Å². The molecule has 0 amide bonds. The number of hydrogen-bond acceptors (Lipinski definition) is 9. The number of pyridine rings is 1. The second-order valence-electron chi connectivity index (χ2n) is 9.34. The molecular formula is C28H32N4O6S. The number of fused-ring (bicyclic) bond motifs is 1. The second kappa shape index (κ2) is 11.9. The maximum absolute atomic E-state index is 12.5. The SMILES string of the molecule is COc1cc2c(Oc3cccc(NS(=O)(=O)c4ccco4)c3)ccnc2cc1OCCCN1CCN(C)CC1. The van der Waals surface area contributed by atoms with E-state index in [0.717, 1.165) is 44.5 Å². The Hall–Kier alpha value is -3.80. The Morgan fingerprint density at radius 3 is 2.62 bits per heavy atom. The molecule has 0 saturated carbocycles. The topological polar surface area (TPSA) is 106 Å². The third-order valence-corrected chi connectivity index (χ3v) is 7.80. The Balaban J connectivity index is 1.28. The molecule has 1 aliphatic rings. The summed E-state index contributed by atoms with van der Waals surface area (Å²) in [5.74, 6) is 2.21. The number of anilines is 1. The fourth-order valence-electron chi connectivity index (χ4n) is 4.40. The van der Waals surface area contributed by atoms with E-state index in [4.69, 9.17) is 18.6 Å². The largest absolute Gasteiger partial charge is 0.493 e. The third kappa shape index (κ3) is 6.62. The van der Waals surface area contributed by atoms with Gasteiger partial charge < -0.3 is 28.4 Å². The van der Waals surface area contributed by atoms with Crippen molar-refractivity contribution in [3.05, 3.63) is 67.1 Å². The molecule has 1 fully saturated rings. The first-order chi connectivity index (χ1) is 18.9. The second-order valence-corrected chi connectivity index (χ2v) is 11.0. The molecule has 0 aliphatic carbocycles. The first kappa shape index (κ1) is 26.8. The van der Waals surface area contributed by atoms with Gasteiger partial charge in [-0.2, -0.15) is 8.42 Å². The molecule has 0 radical (unpaired) electrons. The summed E-state index contributed by atoms with van der Waals surface area (Å²) in [6.07, 6.45) is 3.88. The number of rotatable bonds is 11. The Kier molecular flexibility index (Phi) is 8.20. The zero-order valence-electron chi connectivity index (χ0n) is 22.0. The lowest BCUT2D eigenvalue weighted by molar-refractivity contribution is 0.145. The van der Waals surface area contributed by atoms with Crippen molar-refractivity contribution in [1.82, 2.24) is 14.8 Å². The fraction of sp³-hybridized carbons (Fsp3) is 0.321. The van der Waals surface area contributed by atoms with E-state index >= 15 is 0 Å². The van der Waals surface area contributed by atoms with Gasteiger partial charge in [0, 0.05) is 56.4 Å². The van der Waals surface area contributed by atoms with Gasteiger partial charge >= 0.3 is 0 Å². The van der Waals surface area contributed by atoms with Crippen molar-refractivity contribution in [3.63, 3.8) is 0 Å². The molecule has 10 nitrogen and oxygen atoms in total. The number of sulfonamides is 1. The van der Waals surface area contributed by atoms with Crippen molar-refractivity contribution in [2.75, 3.05) is 58.2 Å². The molecule has 0 unspecified atom stereocenters. The van der Waals surface area contributed by atoms with Crippen LogP contribution in [0.5, 0.6) is 23.0 Å². The van der Waals surface area contributed by atoms with Crippen molar-refractivity contribution in [2.24, 2.45) is 0 Å². The highest BCUT2D eigenvalue weighted by Gasteiger charge is 2.18. The molecule has 39 heavy (non-hydrogen) atoms. The van der Waals surface area contributed by atoms with E-state index in [0.29, 0.717) is 40.8 Å². The molecule has 1 saturated heterocycles. The number of benzene rings is 2. The number of ether oxygens (including phenoxy) is 3. The van der Waals surface area contributed by atoms with Crippen LogP contribution in [0.2, 0.25) is 0 Å². The summed E-state index contributed by atoms with van der Waals surface area (Å²) in [5, 5.41) is 0.569. The van der Waals surface area contributed by atoms with Crippen LogP contribution in [-0.4, -0.2) is 76.7 Å². The van der Waals surface area contributed by atoms with Gasteiger partial charge in [-0.05, 0) is 49.9 Å². The lowest BCUT2D eigenvalue weighted by Crippen LogP contribution is -2.44. The van der Waals surface area contributed by atoms with Gasteiger partial charge in [-0.25, -0.2) is 0 Å².